The van der Waals surface area contributed by atoms with E-state index in [1.54, 1.807) is 0 Å². The highest BCUT2D eigenvalue weighted by atomic mass is 15.1. The molecule has 0 N–H and O–H groups in total. The van der Waals surface area contributed by atoms with E-state index in [4.69, 9.17) is 0 Å². The SMILES string of the molecule is CC1(C)c2ccccc2-c2ccc(N(c3ccc(-c4cccc5c4-c4ccccc4C5(C)C)cc3)c3cccc(-c4ccccc4)c3-c3ccccc3)cc21. The Morgan fingerprint density at radius 1 is 0.309 bits per heavy atom. The molecular weight excluding hydrogens is 663 g/mol. The summed E-state index contributed by atoms with van der Waals surface area (Å²) in [5.41, 5.74) is 21.4. The maximum Gasteiger partial charge on any atom is 0.0546 e. The minimum atomic E-state index is -0.122. The molecule has 0 fully saturated rings. The fourth-order valence-electron chi connectivity index (χ4n) is 9.54. The Balaban J connectivity index is 1.18. The van der Waals surface area contributed by atoms with Crippen LogP contribution in [0.2, 0.25) is 0 Å². The third-order valence-electron chi connectivity index (χ3n) is 12.3. The van der Waals surface area contributed by atoms with Crippen LogP contribution in [-0.4, -0.2) is 0 Å². The third kappa shape index (κ3) is 5.14. The lowest BCUT2D eigenvalue weighted by molar-refractivity contribution is 0.660. The molecule has 0 heterocycles. The summed E-state index contributed by atoms with van der Waals surface area (Å²) in [6.45, 7) is 9.44. The van der Waals surface area contributed by atoms with E-state index in [1.807, 2.05) is 0 Å². The van der Waals surface area contributed by atoms with Gasteiger partial charge in [0.25, 0.3) is 0 Å². The molecule has 1 heteroatoms. The van der Waals surface area contributed by atoms with E-state index in [1.165, 1.54) is 77.9 Å². The van der Waals surface area contributed by atoms with Crippen LogP contribution in [0.5, 0.6) is 0 Å². The van der Waals surface area contributed by atoms with E-state index in [9.17, 15) is 0 Å². The number of anilines is 3. The zero-order valence-corrected chi connectivity index (χ0v) is 31.8. The number of benzene rings is 8. The van der Waals surface area contributed by atoms with Crippen molar-refractivity contribution in [2.24, 2.45) is 0 Å². The molecule has 0 aliphatic heterocycles. The highest BCUT2D eigenvalue weighted by molar-refractivity contribution is 5.98. The van der Waals surface area contributed by atoms with Gasteiger partial charge in [-0.25, -0.2) is 0 Å². The molecule has 0 saturated carbocycles. The van der Waals surface area contributed by atoms with E-state index in [2.05, 4.69) is 221 Å². The summed E-state index contributed by atoms with van der Waals surface area (Å²) in [6.07, 6.45) is 0. The monoisotopic (exact) mass is 705 g/mol. The van der Waals surface area contributed by atoms with Crippen LogP contribution >= 0.6 is 0 Å². The van der Waals surface area contributed by atoms with Crippen molar-refractivity contribution >= 4 is 17.1 Å². The Morgan fingerprint density at radius 3 is 1.49 bits per heavy atom. The summed E-state index contributed by atoms with van der Waals surface area (Å²) in [7, 11) is 0. The molecule has 2 aliphatic rings. The molecular formula is C54H43N. The van der Waals surface area contributed by atoms with Crippen LogP contribution in [0.4, 0.5) is 17.1 Å². The van der Waals surface area contributed by atoms with Gasteiger partial charge in [-0.3, -0.25) is 0 Å². The van der Waals surface area contributed by atoms with Gasteiger partial charge in [0.2, 0.25) is 0 Å². The minimum Gasteiger partial charge on any atom is -0.310 e. The van der Waals surface area contributed by atoms with Gasteiger partial charge in [-0.2, -0.15) is 0 Å². The summed E-state index contributed by atoms with van der Waals surface area (Å²) in [5, 5.41) is 0. The average Bonchev–Trinajstić information content (AvgIpc) is 3.61. The fourth-order valence-corrected chi connectivity index (χ4v) is 9.54. The summed E-state index contributed by atoms with van der Waals surface area (Å²) in [5.74, 6) is 0. The second kappa shape index (κ2) is 12.6. The van der Waals surface area contributed by atoms with Gasteiger partial charge in [0.1, 0.15) is 0 Å². The summed E-state index contributed by atoms with van der Waals surface area (Å²) >= 11 is 0. The first-order chi connectivity index (χ1) is 26.8. The molecule has 8 aromatic rings. The van der Waals surface area contributed by atoms with Crippen molar-refractivity contribution in [1.29, 1.82) is 0 Å². The zero-order valence-electron chi connectivity index (χ0n) is 31.8. The first-order valence-corrected chi connectivity index (χ1v) is 19.4. The first kappa shape index (κ1) is 33.2. The van der Waals surface area contributed by atoms with Crippen molar-refractivity contribution in [1.82, 2.24) is 0 Å². The van der Waals surface area contributed by atoms with E-state index in [0.717, 1.165) is 17.1 Å². The lowest BCUT2D eigenvalue weighted by Crippen LogP contribution is -2.17. The highest BCUT2D eigenvalue weighted by Crippen LogP contribution is 2.54. The molecule has 10 rings (SSSR count). The van der Waals surface area contributed by atoms with Crippen LogP contribution in [0, 0.1) is 0 Å². The van der Waals surface area contributed by atoms with E-state index >= 15 is 0 Å². The molecule has 8 aromatic carbocycles. The van der Waals surface area contributed by atoms with Crippen LogP contribution in [0.25, 0.3) is 55.6 Å². The topological polar surface area (TPSA) is 3.24 Å². The number of nitrogens with zero attached hydrogens (tertiary/aromatic N) is 1. The first-order valence-electron chi connectivity index (χ1n) is 19.4. The van der Waals surface area contributed by atoms with E-state index in [-0.39, 0.29) is 10.8 Å². The Kier molecular flexibility index (Phi) is 7.58. The van der Waals surface area contributed by atoms with Crippen LogP contribution < -0.4 is 4.90 Å². The van der Waals surface area contributed by atoms with Gasteiger partial charge in [0.15, 0.2) is 0 Å². The number of fused-ring (bicyclic) bond motifs is 6. The quantitative estimate of drug-likeness (QED) is 0.166. The maximum absolute atomic E-state index is 2.48. The van der Waals surface area contributed by atoms with Crippen LogP contribution in [0.3, 0.4) is 0 Å². The third-order valence-corrected chi connectivity index (χ3v) is 12.3. The fraction of sp³-hybridized carbons (Fsp3) is 0.111. The molecule has 2 aliphatic carbocycles. The predicted molar refractivity (Wildman–Crippen MR) is 233 cm³/mol. The molecule has 0 spiro atoms. The molecule has 264 valence electrons. The maximum atomic E-state index is 2.48. The highest BCUT2D eigenvalue weighted by Gasteiger charge is 2.37. The van der Waals surface area contributed by atoms with Gasteiger partial charge in [-0.05, 0) is 103 Å². The van der Waals surface area contributed by atoms with Gasteiger partial charge in [0.05, 0.1) is 5.69 Å². The second-order valence-electron chi connectivity index (χ2n) is 16.1. The normalized spacial score (nSPS) is 14.1. The number of hydrogen-bond acceptors (Lipinski definition) is 1. The van der Waals surface area contributed by atoms with Crippen molar-refractivity contribution in [3.8, 4) is 55.6 Å². The van der Waals surface area contributed by atoms with Gasteiger partial charge >= 0.3 is 0 Å². The van der Waals surface area contributed by atoms with Crippen molar-refractivity contribution in [2.45, 2.75) is 38.5 Å². The lowest BCUT2D eigenvalue weighted by Gasteiger charge is -2.31. The number of rotatable bonds is 6. The smallest absolute Gasteiger partial charge is 0.0546 e. The van der Waals surface area contributed by atoms with Gasteiger partial charge < -0.3 is 4.90 Å². The molecule has 0 aromatic heterocycles. The van der Waals surface area contributed by atoms with Crippen LogP contribution in [-0.2, 0) is 10.8 Å². The Hall–Kier alpha value is -6.44. The van der Waals surface area contributed by atoms with Gasteiger partial charge in [0, 0.05) is 27.8 Å². The Labute approximate surface area is 325 Å². The molecule has 0 radical (unpaired) electrons. The van der Waals surface area contributed by atoms with E-state index < -0.39 is 0 Å². The zero-order chi connectivity index (χ0) is 37.3. The summed E-state index contributed by atoms with van der Waals surface area (Å²) < 4.78 is 0. The van der Waals surface area contributed by atoms with Crippen LogP contribution in [0.1, 0.15) is 49.9 Å². The molecule has 0 amide bonds. The Morgan fingerprint density at radius 2 is 0.782 bits per heavy atom. The second-order valence-corrected chi connectivity index (χ2v) is 16.1. The van der Waals surface area contributed by atoms with Crippen molar-refractivity contribution in [3.05, 3.63) is 210 Å². The van der Waals surface area contributed by atoms with Gasteiger partial charge in [-0.1, -0.05) is 185 Å². The van der Waals surface area contributed by atoms with E-state index in [0.29, 0.717) is 0 Å². The molecule has 1 nitrogen and oxygen atoms in total. The Bertz CT molecular complexity index is 2740. The average molecular weight is 706 g/mol. The molecule has 0 saturated heterocycles. The summed E-state index contributed by atoms with van der Waals surface area (Å²) in [4.78, 5) is 2.48. The van der Waals surface area contributed by atoms with Gasteiger partial charge in [-0.15, -0.1) is 0 Å². The van der Waals surface area contributed by atoms with Crippen molar-refractivity contribution in [3.63, 3.8) is 0 Å². The predicted octanol–water partition coefficient (Wildman–Crippen LogP) is 14.8. The van der Waals surface area contributed by atoms with Crippen LogP contribution in [0.15, 0.2) is 188 Å². The molecule has 0 unspecified atom stereocenters. The molecule has 55 heavy (non-hydrogen) atoms. The number of hydrogen-bond donors (Lipinski definition) is 0. The lowest BCUT2D eigenvalue weighted by atomic mass is 9.82. The van der Waals surface area contributed by atoms with Crippen molar-refractivity contribution in [2.75, 3.05) is 4.90 Å². The molecule has 0 atom stereocenters. The summed E-state index contributed by atoms with van der Waals surface area (Å²) in [6, 6.07) is 69.5. The minimum absolute atomic E-state index is 0.0444. The standard InChI is InChI=1S/C54H43N/c1-53(2)47-26-14-12-22-45(47)52-42(23-15-27-48(52)53)37-29-31-39(32-30-37)55(40-33-34-44-43-21-11-13-25-46(43)54(3,4)49(44)35-40)50-28-16-24-41(36-17-7-5-8-18-36)51(50)38-19-9-6-10-20-38/h5-35H,1-4H3. The largest absolute Gasteiger partial charge is 0.310 e. The molecule has 0 bridgehead atoms. The van der Waals surface area contributed by atoms with Crippen molar-refractivity contribution < 1.29 is 0 Å².